The van der Waals surface area contributed by atoms with Crippen molar-refractivity contribution in [3.8, 4) is 28.6 Å². The Bertz CT molecular complexity index is 880. The van der Waals surface area contributed by atoms with Crippen LogP contribution in [0.1, 0.15) is 5.56 Å². The maximum absolute atomic E-state index is 9.77. The number of hydrogen-bond acceptors (Lipinski definition) is 8. The number of hydrogen-bond donors (Lipinski definition) is 4. The Morgan fingerprint density at radius 1 is 1.00 bits per heavy atom. The number of aromatic hydroxyl groups is 3. The Morgan fingerprint density at radius 3 is 2.43 bits per heavy atom. The molecule has 3 rings (SSSR count). The zero-order valence-corrected chi connectivity index (χ0v) is 12.5. The molecule has 0 aliphatic rings. The highest BCUT2D eigenvalue weighted by Gasteiger charge is 2.11. The van der Waals surface area contributed by atoms with Crippen LogP contribution in [0.2, 0.25) is 0 Å². The summed E-state index contributed by atoms with van der Waals surface area (Å²) < 4.78 is 1.36. The highest BCUT2D eigenvalue weighted by molar-refractivity contribution is 7.80. The summed E-state index contributed by atoms with van der Waals surface area (Å²) in [6.45, 7) is 0. The summed E-state index contributed by atoms with van der Waals surface area (Å²) in [5.74, 6) is -0.579. The molecule has 9 heteroatoms. The maximum Gasteiger partial charge on any atom is 0.209 e. The molecule has 0 aliphatic heterocycles. The van der Waals surface area contributed by atoms with Crippen molar-refractivity contribution in [1.82, 2.24) is 19.9 Å². The van der Waals surface area contributed by atoms with Crippen LogP contribution in [-0.4, -0.2) is 41.4 Å². The highest BCUT2D eigenvalue weighted by atomic mass is 32.1. The van der Waals surface area contributed by atoms with Gasteiger partial charge in [0.2, 0.25) is 5.16 Å². The smallest absolute Gasteiger partial charge is 0.209 e. The minimum atomic E-state index is -0.420. The minimum Gasteiger partial charge on any atom is -0.507 e. The van der Waals surface area contributed by atoms with E-state index in [1.165, 1.54) is 17.0 Å². The van der Waals surface area contributed by atoms with Crippen molar-refractivity contribution in [3.05, 3.63) is 42.2 Å². The molecule has 23 heavy (non-hydrogen) atoms. The van der Waals surface area contributed by atoms with E-state index in [4.69, 9.17) is 0 Å². The number of benzene rings is 1. The van der Waals surface area contributed by atoms with Gasteiger partial charge in [0.05, 0.1) is 6.21 Å². The fourth-order valence-electron chi connectivity index (χ4n) is 1.86. The summed E-state index contributed by atoms with van der Waals surface area (Å²) in [4.78, 5) is 3.93. The van der Waals surface area contributed by atoms with Crippen LogP contribution in [0, 0.1) is 0 Å². The lowest BCUT2D eigenvalue weighted by Crippen LogP contribution is -1.96. The quantitative estimate of drug-likeness (QED) is 0.251. The summed E-state index contributed by atoms with van der Waals surface area (Å²) in [6, 6.07) is 5.69. The van der Waals surface area contributed by atoms with Crippen LogP contribution < -0.4 is 0 Å². The van der Waals surface area contributed by atoms with Crippen LogP contribution in [0.4, 0.5) is 0 Å². The van der Waals surface area contributed by atoms with Crippen molar-refractivity contribution in [1.29, 1.82) is 0 Å². The van der Waals surface area contributed by atoms with E-state index in [1.807, 2.05) is 0 Å². The van der Waals surface area contributed by atoms with Gasteiger partial charge in [0.15, 0.2) is 17.3 Å². The second kappa shape index (κ2) is 5.97. The van der Waals surface area contributed by atoms with Crippen molar-refractivity contribution < 1.29 is 15.3 Å². The minimum absolute atomic E-state index is 0.211. The van der Waals surface area contributed by atoms with Crippen LogP contribution in [-0.2, 0) is 0 Å². The van der Waals surface area contributed by atoms with Gasteiger partial charge in [-0.15, -0.1) is 22.8 Å². The van der Waals surface area contributed by atoms with E-state index < -0.39 is 5.75 Å². The lowest BCUT2D eigenvalue weighted by atomic mass is 10.2. The van der Waals surface area contributed by atoms with Gasteiger partial charge in [-0.25, -0.2) is 0 Å². The van der Waals surface area contributed by atoms with Gasteiger partial charge in [-0.3, -0.25) is 4.98 Å². The molecule has 0 spiro atoms. The predicted molar refractivity (Wildman–Crippen MR) is 84.9 cm³/mol. The molecule has 2 heterocycles. The summed E-state index contributed by atoms with van der Waals surface area (Å²) in [5, 5.41) is 40.8. The SMILES string of the molecule is Oc1cc(O)c(/C=N/n2c(S)nnc2-c2ccncc2)cc1O. The molecule has 0 aliphatic carbocycles. The number of pyridine rings is 1. The van der Waals surface area contributed by atoms with Gasteiger partial charge in [0.1, 0.15) is 5.75 Å². The van der Waals surface area contributed by atoms with Crippen LogP contribution >= 0.6 is 12.6 Å². The van der Waals surface area contributed by atoms with Crippen molar-refractivity contribution in [2.24, 2.45) is 5.10 Å². The van der Waals surface area contributed by atoms with E-state index in [2.05, 4.69) is 32.9 Å². The molecule has 3 N–H and O–H groups in total. The Kier molecular flexibility index (Phi) is 3.85. The first kappa shape index (κ1) is 14.9. The summed E-state index contributed by atoms with van der Waals surface area (Å²) in [7, 11) is 0. The van der Waals surface area contributed by atoms with Crippen molar-refractivity contribution in [3.63, 3.8) is 0 Å². The molecule has 0 saturated heterocycles. The Labute approximate surface area is 135 Å². The molecule has 0 saturated carbocycles. The first-order chi connectivity index (χ1) is 11.1. The number of phenols is 3. The van der Waals surface area contributed by atoms with Crippen molar-refractivity contribution >= 4 is 18.8 Å². The first-order valence-corrected chi connectivity index (χ1v) is 6.85. The van der Waals surface area contributed by atoms with E-state index in [1.54, 1.807) is 24.5 Å². The number of thiol groups is 1. The number of rotatable bonds is 3. The molecule has 0 radical (unpaired) electrons. The van der Waals surface area contributed by atoms with Crippen LogP contribution in [0.5, 0.6) is 17.2 Å². The van der Waals surface area contributed by atoms with Gasteiger partial charge < -0.3 is 15.3 Å². The van der Waals surface area contributed by atoms with E-state index in [9.17, 15) is 15.3 Å². The topological polar surface area (TPSA) is 117 Å². The van der Waals surface area contributed by atoms with Crippen molar-refractivity contribution in [2.45, 2.75) is 5.16 Å². The zero-order valence-electron chi connectivity index (χ0n) is 11.6. The molecule has 0 unspecified atom stereocenters. The van der Waals surface area contributed by atoms with Gasteiger partial charge in [0.25, 0.3) is 0 Å². The molecule has 2 aromatic heterocycles. The van der Waals surface area contributed by atoms with E-state index in [0.29, 0.717) is 5.82 Å². The zero-order chi connectivity index (χ0) is 16.4. The lowest BCUT2D eigenvalue weighted by Gasteiger charge is -2.04. The fraction of sp³-hybridized carbons (Fsp3) is 0. The summed E-state index contributed by atoms with van der Waals surface area (Å²) in [6.07, 6.45) is 4.52. The average molecular weight is 329 g/mol. The molecule has 0 bridgehead atoms. The molecular formula is C14H11N5O3S. The summed E-state index contributed by atoms with van der Waals surface area (Å²) in [5.41, 5.74) is 0.949. The van der Waals surface area contributed by atoms with Gasteiger partial charge >= 0.3 is 0 Å². The molecule has 0 fully saturated rings. The van der Waals surface area contributed by atoms with E-state index in [0.717, 1.165) is 11.6 Å². The standard InChI is InChI=1S/C14H11N5O3S/c20-10-6-12(22)11(21)5-9(10)7-16-19-13(17-18-14(19)23)8-1-3-15-4-2-8/h1-7,20-22H,(H,18,23)/b16-7+. The average Bonchev–Trinajstić information content (AvgIpc) is 2.91. The Morgan fingerprint density at radius 2 is 1.70 bits per heavy atom. The van der Waals surface area contributed by atoms with Crippen molar-refractivity contribution in [2.75, 3.05) is 0 Å². The third-order valence-electron chi connectivity index (χ3n) is 3.00. The van der Waals surface area contributed by atoms with Gasteiger partial charge in [-0.2, -0.15) is 9.78 Å². The lowest BCUT2D eigenvalue weighted by molar-refractivity contribution is 0.396. The van der Waals surface area contributed by atoms with Gasteiger partial charge in [0, 0.05) is 29.6 Å². The molecule has 0 amide bonds. The largest absolute Gasteiger partial charge is 0.507 e. The molecule has 116 valence electrons. The number of phenolic OH excluding ortho intramolecular Hbond substituents is 3. The Hall–Kier alpha value is -3.07. The van der Waals surface area contributed by atoms with Gasteiger partial charge in [-0.1, -0.05) is 0 Å². The second-order valence-electron chi connectivity index (χ2n) is 4.52. The van der Waals surface area contributed by atoms with E-state index in [-0.39, 0.29) is 22.2 Å². The highest BCUT2D eigenvalue weighted by Crippen LogP contribution is 2.31. The number of nitrogens with zero attached hydrogens (tertiary/aromatic N) is 5. The van der Waals surface area contributed by atoms with E-state index >= 15 is 0 Å². The summed E-state index contributed by atoms with van der Waals surface area (Å²) >= 11 is 4.19. The molecule has 8 nitrogen and oxygen atoms in total. The third-order valence-corrected chi connectivity index (χ3v) is 3.28. The monoisotopic (exact) mass is 329 g/mol. The third kappa shape index (κ3) is 2.94. The maximum atomic E-state index is 9.77. The fourth-order valence-corrected chi connectivity index (χ4v) is 2.06. The normalized spacial score (nSPS) is 11.2. The van der Waals surface area contributed by atoms with Crippen LogP contribution in [0.25, 0.3) is 11.4 Å². The molecule has 3 aromatic rings. The van der Waals surface area contributed by atoms with Gasteiger partial charge in [-0.05, 0) is 18.2 Å². The molecule has 1 aromatic carbocycles. The second-order valence-corrected chi connectivity index (χ2v) is 4.92. The van der Waals surface area contributed by atoms with Crippen LogP contribution in [0.15, 0.2) is 46.9 Å². The Balaban J connectivity index is 2.01. The van der Waals surface area contributed by atoms with Crippen LogP contribution in [0.3, 0.4) is 0 Å². The number of aromatic nitrogens is 4. The predicted octanol–water partition coefficient (Wildman–Crippen LogP) is 1.63. The molecule has 0 atom stereocenters. The first-order valence-electron chi connectivity index (χ1n) is 6.40. The molecular weight excluding hydrogens is 318 g/mol.